The van der Waals surface area contributed by atoms with Gasteiger partial charge in [-0.25, -0.2) is 9.48 Å². The van der Waals surface area contributed by atoms with Gasteiger partial charge in [-0.05, 0) is 0 Å². The molecule has 46 heavy (non-hydrogen) atoms. The summed E-state index contributed by atoms with van der Waals surface area (Å²) in [4.78, 5) is 33.8. The molecule has 1 fully saturated rings. The Morgan fingerprint density at radius 3 is 2.11 bits per heavy atom. The Morgan fingerprint density at radius 2 is 1.52 bits per heavy atom. The van der Waals surface area contributed by atoms with Gasteiger partial charge in [-0.2, -0.15) is 0 Å². The van der Waals surface area contributed by atoms with Gasteiger partial charge in [-0.15, -0.1) is 5.10 Å². The van der Waals surface area contributed by atoms with E-state index in [1.165, 1.54) is 6.92 Å². The Hall–Kier alpha value is -2.85. The maximum Gasteiger partial charge on any atom is 0.367 e. The lowest BCUT2D eigenvalue weighted by atomic mass is 9.98. The molecular formula is C27H47N5O14. The summed E-state index contributed by atoms with van der Waals surface area (Å²) in [5.74, 6) is -4.52. The van der Waals surface area contributed by atoms with Gasteiger partial charge in [-0.3, -0.25) is 9.59 Å². The third-order valence-electron chi connectivity index (χ3n) is 6.21. The number of aliphatic carboxylic acids is 1. The van der Waals surface area contributed by atoms with Gasteiger partial charge in [0.1, 0.15) is 18.4 Å². The monoisotopic (exact) mass is 665 g/mol. The number of aromatic nitrogens is 3. The molecule has 2 amide bonds. The molecule has 1 saturated heterocycles. The van der Waals surface area contributed by atoms with Crippen molar-refractivity contribution in [2.75, 3.05) is 99.0 Å². The van der Waals surface area contributed by atoms with Crippen LogP contribution in [0, 0.1) is 0 Å². The van der Waals surface area contributed by atoms with E-state index in [2.05, 4.69) is 20.9 Å². The number of carbonyl (C=O) groups is 3. The summed E-state index contributed by atoms with van der Waals surface area (Å²) in [6.07, 6.45) is 0.0842. The molecule has 19 nitrogen and oxygen atoms in total. The second-order valence-electron chi connectivity index (χ2n) is 9.88. The summed E-state index contributed by atoms with van der Waals surface area (Å²) in [6.45, 7) is 5.50. The molecule has 5 N–H and O–H groups in total. The molecule has 0 aliphatic carbocycles. The Kier molecular flexibility index (Phi) is 20.1. The standard InChI is InChI=1S/C27H47N5O14/c1-21(34)28-2-4-39-6-8-41-10-11-42-12-13-44-19-23-17-32(31-30-23)3-5-40-7-9-43-14-15-45-27(26(37)38)24(35)16-22(20-46-27)29-25(36)18-33/h17,22,24,33,35H,2-16,18-20H2,1H3,(H,28,34)(H,29,36)(H,37,38). The van der Waals surface area contributed by atoms with Crippen molar-refractivity contribution in [2.24, 2.45) is 0 Å². The Balaban J connectivity index is 1.42. The van der Waals surface area contributed by atoms with E-state index < -0.39 is 36.4 Å². The maximum absolute atomic E-state index is 11.8. The van der Waals surface area contributed by atoms with Gasteiger partial charge in [0.15, 0.2) is 0 Å². The lowest BCUT2D eigenvalue weighted by molar-refractivity contribution is -0.298. The van der Waals surface area contributed by atoms with Crippen LogP contribution < -0.4 is 10.6 Å². The van der Waals surface area contributed by atoms with Crippen molar-refractivity contribution >= 4 is 17.8 Å². The van der Waals surface area contributed by atoms with E-state index >= 15 is 0 Å². The lowest BCUT2D eigenvalue weighted by Gasteiger charge is -2.40. The molecule has 0 saturated carbocycles. The molecule has 3 unspecified atom stereocenters. The van der Waals surface area contributed by atoms with Gasteiger partial charge in [0, 0.05) is 19.9 Å². The topological polar surface area (TPSA) is 241 Å². The summed E-state index contributed by atoms with van der Waals surface area (Å²) in [5, 5.41) is 41.9. The zero-order chi connectivity index (χ0) is 33.5. The number of hydrogen-bond donors (Lipinski definition) is 5. The maximum atomic E-state index is 11.8. The first-order valence-electron chi connectivity index (χ1n) is 15.0. The zero-order valence-corrected chi connectivity index (χ0v) is 26.1. The van der Waals surface area contributed by atoms with Gasteiger partial charge in [0.2, 0.25) is 11.8 Å². The number of carboxylic acid groups (broad SMARTS) is 1. The number of rotatable bonds is 27. The SMILES string of the molecule is CC(=O)NCCOCCOCCOCCOCc1cn(CCOCCOCCOC2(C(=O)O)OCC(NC(=O)CO)CC2O)nn1. The molecule has 0 bridgehead atoms. The molecule has 3 atom stereocenters. The van der Waals surface area contributed by atoms with Crippen molar-refractivity contribution in [1.29, 1.82) is 0 Å². The number of amides is 2. The van der Waals surface area contributed by atoms with Crippen LogP contribution in [0.4, 0.5) is 0 Å². The fraction of sp³-hybridized carbons (Fsp3) is 0.815. The number of nitrogens with zero attached hydrogens (tertiary/aromatic N) is 3. The summed E-state index contributed by atoms with van der Waals surface area (Å²) in [6, 6.07) is -0.661. The minimum atomic E-state index is -2.28. The molecule has 2 rings (SSSR count). The fourth-order valence-corrected chi connectivity index (χ4v) is 3.97. The van der Waals surface area contributed by atoms with Crippen LogP contribution in [0.3, 0.4) is 0 Å². The normalized spacial score (nSPS) is 19.6. The highest BCUT2D eigenvalue weighted by atomic mass is 16.7. The molecule has 0 aromatic carbocycles. The first-order valence-corrected chi connectivity index (χ1v) is 15.0. The Labute approximate surface area is 266 Å². The number of aliphatic hydroxyl groups is 2. The van der Waals surface area contributed by atoms with Crippen LogP contribution in [0.2, 0.25) is 0 Å². The van der Waals surface area contributed by atoms with Crippen molar-refractivity contribution in [2.45, 2.75) is 44.4 Å². The zero-order valence-electron chi connectivity index (χ0n) is 26.1. The van der Waals surface area contributed by atoms with Gasteiger partial charge in [0.05, 0.1) is 111 Å². The van der Waals surface area contributed by atoms with E-state index in [9.17, 15) is 24.6 Å². The second kappa shape index (κ2) is 23.5. The van der Waals surface area contributed by atoms with E-state index in [4.69, 9.17) is 43.0 Å². The van der Waals surface area contributed by atoms with Crippen LogP contribution >= 0.6 is 0 Å². The molecule has 19 heteroatoms. The Morgan fingerprint density at radius 1 is 0.935 bits per heavy atom. The highest BCUT2D eigenvalue weighted by Crippen LogP contribution is 2.27. The third-order valence-corrected chi connectivity index (χ3v) is 6.21. The predicted molar refractivity (Wildman–Crippen MR) is 154 cm³/mol. The van der Waals surface area contributed by atoms with Crippen LogP contribution in [0.25, 0.3) is 0 Å². The Bertz CT molecular complexity index is 1000. The highest BCUT2D eigenvalue weighted by molar-refractivity contribution is 5.78. The molecule has 1 aromatic heterocycles. The molecule has 0 radical (unpaired) electrons. The number of nitrogens with one attached hydrogen (secondary N) is 2. The van der Waals surface area contributed by atoms with Crippen LogP contribution in [-0.4, -0.2) is 165 Å². The molecule has 2 heterocycles. The molecular weight excluding hydrogens is 618 g/mol. The van der Waals surface area contributed by atoms with E-state index in [1.54, 1.807) is 10.9 Å². The summed E-state index contributed by atoms with van der Waals surface area (Å²) < 4.78 is 44.9. The van der Waals surface area contributed by atoms with Crippen LogP contribution in [-0.2, 0) is 65.4 Å². The highest BCUT2D eigenvalue weighted by Gasteiger charge is 2.52. The van der Waals surface area contributed by atoms with Crippen molar-refractivity contribution in [3.8, 4) is 0 Å². The predicted octanol–water partition coefficient (Wildman–Crippen LogP) is -2.93. The van der Waals surface area contributed by atoms with Crippen LogP contribution in [0.1, 0.15) is 19.0 Å². The number of ether oxygens (including phenoxy) is 8. The van der Waals surface area contributed by atoms with E-state index in [-0.39, 0.29) is 45.4 Å². The van der Waals surface area contributed by atoms with Crippen LogP contribution in [0.5, 0.6) is 0 Å². The molecule has 1 aliphatic rings. The largest absolute Gasteiger partial charge is 0.477 e. The number of carbonyl (C=O) groups excluding carboxylic acids is 2. The van der Waals surface area contributed by atoms with Gasteiger partial charge >= 0.3 is 5.97 Å². The number of carboxylic acids is 1. The third kappa shape index (κ3) is 16.1. The van der Waals surface area contributed by atoms with Crippen molar-refractivity contribution in [3.63, 3.8) is 0 Å². The fourth-order valence-electron chi connectivity index (χ4n) is 3.97. The smallest absolute Gasteiger partial charge is 0.367 e. The van der Waals surface area contributed by atoms with Gasteiger partial charge in [0.25, 0.3) is 5.79 Å². The second-order valence-corrected chi connectivity index (χ2v) is 9.88. The van der Waals surface area contributed by atoms with E-state index in [0.717, 1.165) is 0 Å². The molecule has 0 spiro atoms. The van der Waals surface area contributed by atoms with Crippen molar-refractivity contribution in [3.05, 3.63) is 11.9 Å². The minimum absolute atomic E-state index is 0.0306. The van der Waals surface area contributed by atoms with E-state index in [1.807, 2.05) is 0 Å². The average molecular weight is 666 g/mol. The molecule has 1 aromatic rings. The first kappa shape index (κ1) is 39.3. The number of hydrogen-bond acceptors (Lipinski definition) is 15. The number of aliphatic hydroxyl groups excluding tert-OH is 2. The van der Waals surface area contributed by atoms with E-state index in [0.29, 0.717) is 78.2 Å². The summed E-state index contributed by atoms with van der Waals surface area (Å²) >= 11 is 0. The average Bonchev–Trinajstić information content (AvgIpc) is 3.48. The minimum Gasteiger partial charge on any atom is -0.477 e. The summed E-state index contributed by atoms with van der Waals surface area (Å²) in [7, 11) is 0. The lowest BCUT2D eigenvalue weighted by Crippen LogP contribution is -2.62. The quantitative estimate of drug-likeness (QED) is 0.0591. The molecule has 264 valence electrons. The van der Waals surface area contributed by atoms with Gasteiger partial charge < -0.3 is 63.8 Å². The van der Waals surface area contributed by atoms with Crippen LogP contribution in [0.15, 0.2) is 6.20 Å². The summed E-state index contributed by atoms with van der Waals surface area (Å²) in [5.41, 5.74) is 0.668. The molecule has 1 aliphatic heterocycles. The van der Waals surface area contributed by atoms with Gasteiger partial charge in [-0.1, -0.05) is 5.21 Å². The van der Waals surface area contributed by atoms with Crippen molar-refractivity contribution in [1.82, 2.24) is 25.6 Å². The first-order chi connectivity index (χ1) is 22.3. The van der Waals surface area contributed by atoms with Crippen molar-refractivity contribution < 1.29 is 67.6 Å².